The van der Waals surface area contributed by atoms with Crippen LogP contribution in [0.25, 0.3) is 0 Å². The molecule has 0 rings (SSSR count). The molecule has 0 spiro atoms. The predicted molar refractivity (Wildman–Crippen MR) is 5.83 cm³/mol. The van der Waals surface area contributed by atoms with Gasteiger partial charge in [0.15, 0.2) is 0 Å². The summed E-state index contributed by atoms with van der Waals surface area (Å²) in [5.74, 6) is 0. The van der Waals surface area contributed by atoms with Gasteiger partial charge < -0.3 is 5.48 Å². The standard InChI is InChI=1S/ClHO4.Co.H2O/c2-1(3,4)5;;/h(H,2,3,4,5);;1H2. The van der Waals surface area contributed by atoms with Gasteiger partial charge in [-0.2, -0.15) is 14.0 Å². The molecule has 49 valence electrons. The molecule has 0 fully saturated rings. The Morgan fingerprint density at radius 1 is 1.14 bits per heavy atom. The molecule has 7 heteroatoms. The Morgan fingerprint density at radius 3 is 1.14 bits per heavy atom. The second-order valence-electron chi connectivity index (χ2n) is 0.396. The first-order chi connectivity index (χ1) is 2.00. The van der Waals surface area contributed by atoms with Gasteiger partial charge in [0.05, 0.1) is 14.9 Å². The minimum Gasteiger partial charge on any atom is -0.412 e. The van der Waals surface area contributed by atoms with Gasteiger partial charge in [-0.1, -0.05) is 0 Å². The van der Waals surface area contributed by atoms with Crippen molar-refractivity contribution in [1.82, 2.24) is 0 Å². The molecule has 0 unspecified atom stereocenters. The van der Waals surface area contributed by atoms with Crippen LogP contribution in [0.15, 0.2) is 0 Å². The summed E-state index contributed by atoms with van der Waals surface area (Å²) in [6.07, 6.45) is 0. The first-order valence-electron chi connectivity index (χ1n) is 0.632. The van der Waals surface area contributed by atoms with Crippen LogP contribution in [0, 0.1) is 10.2 Å². The summed E-state index contributed by atoms with van der Waals surface area (Å²) in [5.41, 5.74) is 0. The molecule has 0 aromatic carbocycles. The zero-order chi connectivity index (χ0) is 4.50. The average molecular weight is 177 g/mol. The van der Waals surface area contributed by atoms with Gasteiger partial charge in [-0.05, 0) is 0 Å². The molecule has 0 amide bonds. The van der Waals surface area contributed by atoms with Gasteiger partial charge in [0.1, 0.15) is 0 Å². The fraction of sp³-hybridized carbons (Fsp3) is 0. The molecule has 0 aromatic rings. The van der Waals surface area contributed by atoms with E-state index in [1.54, 1.807) is 0 Å². The Morgan fingerprint density at radius 2 is 1.14 bits per heavy atom. The van der Waals surface area contributed by atoms with E-state index in [1.165, 1.54) is 0 Å². The second kappa shape index (κ2) is 4.75. The van der Waals surface area contributed by atoms with Gasteiger partial charge in [0.25, 0.3) is 0 Å². The molecule has 0 aromatic heterocycles. The van der Waals surface area contributed by atoms with E-state index in [1.807, 2.05) is 0 Å². The summed E-state index contributed by atoms with van der Waals surface area (Å²) in [6.45, 7) is 0. The van der Waals surface area contributed by atoms with E-state index in [0.717, 1.165) is 0 Å². The molecular formula is H3ClCoO5. The van der Waals surface area contributed by atoms with Crippen molar-refractivity contribution in [3.8, 4) is 0 Å². The number of hydrogen-bond acceptors (Lipinski definition) is 4. The van der Waals surface area contributed by atoms with Crippen molar-refractivity contribution in [2.75, 3.05) is 0 Å². The normalized spacial score (nSPS) is 8.57. The van der Waals surface area contributed by atoms with Crippen LogP contribution in [-0.2, 0) is 16.8 Å². The first kappa shape index (κ1) is 15.6. The van der Waals surface area contributed by atoms with E-state index in [4.69, 9.17) is 18.6 Å². The van der Waals surface area contributed by atoms with Gasteiger partial charge >= 0.3 is 0 Å². The quantitative estimate of drug-likeness (QED) is 0.398. The van der Waals surface area contributed by atoms with Crippen LogP contribution < -0.4 is 14.0 Å². The maximum absolute atomic E-state index is 8.60. The monoisotopic (exact) mass is 177 g/mol. The fourth-order valence-corrected chi connectivity index (χ4v) is 0. The van der Waals surface area contributed by atoms with E-state index in [-0.39, 0.29) is 22.3 Å². The van der Waals surface area contributed by atoms with Crippen LogP contribution in [0.3, 0.4) is 0 Å². The molecule has 0 aliphatic heterocycles. The maximum atomic E-state index is 8.60. The Kier molecular flexibility index (Phi) is 10.6. The topological polar surface area (TPSA) is 121 Å². The van der Waals surface area contributed by atoms with Crippen LogP contribution in [0.1, 0.15) is 0 Å². The summed E-state index contributed by atoms with van der Waals surface area (Å²) in [6, 6.07) is 0. The summed E-state index contributed by atoms with van der Waals surface area (Å²) in [5, 5.41) is 0. The third-order valence-corrected chi connectivity index (χ3v) is 0. The van der Waals surface area contributed by atoms with Gasteiger partial charge in [0.2, 0.25) is 0 Å². The number of rotatable bonds is 0. The Balaban J connectivity index is -0.0000000800. The van der Waals surface area contributed by atoms with Gasteiger partial charge in [-0.25, -0.2) is 0 Å². The van der Waals surface area contributed by atoms with Crippen LogP contribution in [0.2, 0.25) is 0 Å². The van der Waals surface area contributed by atoms with Crippen molar-refractivity contribution in [2.24, 2.45) is 0 Å². The van der Waals surface area contributed by atoms with E-state index in [9.17, 15) is 0 Å². The predicted octanol–water partition coefficient (Wildman–Crippen LogP) is -4.95. The van der Waals surface area contributed by atoms with Crippen molar-refractivity contribution >= 4 is 0 Å². The van der Waals surface area contributed by atoms with Gasteiger partial charge in [-0.15, -0.1) is 0 Å². The largest absolute Gasteiger partial charge is 0.412 e. The minimum absolute atomic E-state index is 0. The third kappa shape index (κ3) is 392. The van der Waals surface area contributed by atoms with Crippen LogP contribution in [0.5, 0.6) is 0 Å². The minimum atomic E-state index is -4.69. The zero-order valence-corrected chi connectivity index (χ0v) is 4.68. The van der Waals surface area contributed by atoms with E-state index in [0.29, 0.717) is 0 Å². The smallest absolute Gasteiger partial charge is 0.0777 e. The molecule has 0 atom stereocenters. The second-order valence-corrected chi connectivity index (χ2v) is 1.19. The molecule has 0 aliphatic carbocycles. The summed E-state index contributed by atoms with van der Waals surface area (Å²) in [7, 11) is -4.69. The van der Waals surface area contributed by atoms with Crippen molar-refractivity contribution in [1.29, 1.82) is 0 Å². The average Bonchev–Trinajstić information content (AvgIpc) is 0.722. The molecule has 5 nitrogen and oxygen atoms in total. The van der Waals surface area contributed by atoms with Gasteiger partial charge in [0, 0.05) is 16.8 Å². The Hall–Kier alpha value is 0.596. The Labute approximate surface area is 51.8 Å². The van der Waals surface area contributed by atoms with Crippen molar-refractivity contribution in [3.05, 3.63) is 0 Å². The Bertz CT molecular complexity index is 23.6. The SMILES string of the molecule is O.[Co].[O-][Cl+3]([O-])([O-])O. The molecule has 0 saturated carbocycles. The van der Waals surface area contributed by atoms with Crippen molar-refractivity contribution in [2.45, 2.75) is 0 Å². The van der Waals surface area contributed by atoms with Crippen molar-refractivity contribution < 1.29 is 51.1 Å². The third-order valence-electron chi connectivity index (χ3n) is 0. The van der Waals surface area contributed by atoms with Gasteiger partial charge in [-0.3, -0.25) is 0 Å². The summed E-state index contributed by atoms with van der Waals surface area (Å²) in [4.78, 5) is 0. The fourth-order valence-electron chi connectivity index (χ4n) is 0. The molecule has 0 saturated heterocycles. The maximum Gasteiger partial charge on any atom is 0.0777 e. The molecule has 0 bridgehead atoms. The van der Waals surface area contributed by atoms with E-state index < -0.39 is 10.2 Å². The molecule has 3 N–H and O–H groups in total. The van der Waals surface area contributed by atoms with Crippen molar-refractivity contribution in [3.63, 3.8) is 0 Å². The molecule has 7 heavy (non-hydrogen) atoms. The van der Waals surface area contributed by atoms with E-state index in [2.05, 4.69) is 0 Å². The summed E-state index contributed by atoms with van der Waals surface area (Å²) < 4.78 is 32.7. The molecule has 0 aliphatic rings. The molecular weight excluding hydrogens is 174 g/mol. The first-order valence-corrected chi connectivity index (χ1v) is 1.90. The zero-order valence-electron chi connectivity index (χ0n) is 2.88. The number of halogens is 1. The van der Waals surface area contributed by atoms with Crippen LogP contribution >= 0.6 is 0 Å². The van der Waals surface area contributed by atoms with Crippen LogP contribution in [-0.4, -0.2) is 10.1 Å². The summed E-state index contributed by atoms with van der Waals surface area (Å²) >= 11 is 0. The van der Waals surface area contributed by atoms with Crippen LogP contribution in [0.4, 0.5) is 0 Å². The number of hydrogen-bond donors (Lipinski definition) is 1. The molecule has 0 heterocycles. The molecule has 1 radical (unpaired) electrons. The van der Waals surface area contributed by atoms with E-state index >= 15 is 0 Å².